The van der Waals surface area contributed by atoms with Crippen LogP contribution in [0.4, 0.5) is 60.9 Å². The van der Waals surface area contributed by atoms with Gasteiger partial charge in [-0.1, -0.05) is 18.7 Å². The number of nitrogens with zero attached hydrogens (tertiary/aromatic N) is 5. The molecule has 3 aromatic rings. The number of piperazine rings is 1. The van der Waals surface area contributed by atoms with Gasteiger partial charge in [0, 0.05) is 62.9 Å². The Morgan fingerprint density at radius 1 is 0.940 bits per heavy atom. The molecule has 1 amide bonds. The monoisotopic (exact) mass is 710 g/mol. The Morgan fingerprint density at radius 2 is 1.58 bits per heavy atom. The maximum Gasteiger partial charge on any atom is 0.490 e. The van der Waals surface area contributed by atoms with Gasteiger partial charge in [-0.15, -0.1) is 0 Å². The minimum Gasteiger partial charge on any atom is -0.475 e. The summed E-state index contributed by atoms with van der Waals surface area (Å²) in [7, 11) is 2.01. The number of alkyl halides is 6. The molecular formula is C32H36F6N8O4. The number of anilines is 6. The van der Waals surface area contributed by atoms with Gasteiger partial charge in [-0.25, -0.2) is 9.78 Å². The summed E-state index contributed by atoms with van der Waals surface area (Å²) in [5, 5.41) is 16.1. The van der Waals surface area contributed by atoms with E-state index in [0.717, 1.165) is 32.2 Å². The predicted molar refractivity (Wildman–Crippen MR) is 175 cm³/mol. The lowest BCUT2D eigenvalue weighted by atomic mass is 10.0. The number of carboxylic acid groups (broad SMARTS) is 1. The van der Waals surface area contributed by atoms with Crippen molar-refractivity contribution in [1.82, 2.24) is 19.8 Å². The highest BCUT2D eigenvalue weighted by Crippen LogP contribution is 2.36. The minimum absolute atomic E-state index is 0.135. The molecule has 0 spiro atoms. The third-order valence-electron chi connectivity index (χ3n) is 7.60. The fourth-order valence-corrected chi connectivity index (χ4v) is 5.00. The van der Waals surface area contributed by atoms with Crippen LogP contribution >= 0.6 is 0 Å². The van der Waals surface area contributed by atoms with Crippen molar-refractivity contribution in [3.8, 4) is 0 Å². The SMILES string of the molecule is C=CC(=O)Nc1cccc(Nc2nc(Nc3ccc(CN4CCN(C)CC4)c(C(F)(F)F)c3)ncc2N2CCOCC2)c1.O=C(O)C(F)(F)F. The van der Waals surface area contributed by atoms with E-state index < -0.39 is 23.9 Å². The number of benzene rings is 2. The first-order valence-electron chi connectivity index (χ1n) is 15.3. The van der Waals surface area contributed by atoms with Gasteiger partial charge >= 0.3 is 18.3 Å². The number of likely N-dealkylation sites (N-methyl/N-ethyl adjacent to an activating group) is 1. The quantitative estimate of drug-likeness (QED) is 0.170. The number of aromatic nitrogens is 2. The molecule has 18 heteroatoms. The number of morpholine rings is 1. The molecule has 0 bridgehead atoms. The summed E-state index contributed by atoms with van der Waals surface area (Å²) in [6, 6.07) is 11.3. The van der Waals surface area contributed by atoms with Crippen LogP contribution in [0.3, 0.4) is 0 Å². The lowest BCUT2D eigenvalue weighted by Gasteiger charge is -2.33. The van der Waals surface area contributed by atoms with Crippen molar-refractivity contribution >= 4 is 46.4 Å². The van der Waals surface area contributed by atoms with Crippen molar-refractivity contribution in [2.24, 2.45) is 0 Å². The highest BCUT2D eigenvalue weighted by atomic mass is 19.4. The van der Waals surface area contributed by atoms with E-state index in [9.17, 15) is 31.1 Å². The molecule has 5 rings (SSSR count). The molecule has 0 saturated carbocycles. The number of carbonyl (C=O) groups excluding carboxylic acids is 1. The van der Waals surface area contributed by atoms with E-state index >= 15 is 0 Å². The van der Waals surface area contributed by atoms with E-state index in [1.54, 1.807) is 30.5 Å². The van der Waals surface area contributed by atoms with Crippen molar-refractivity contribution < 1.29 is 45.8 Å². The Bertz CT molecular complexity index is 1640. The third-order valence-corrected chi connectivity index (χ3v) is 7.60. The van der Waals surface area contributed by atoms with Crippen molar-refractivity contribution in [1.29, 1.82) is 0 Å². The lowest BCUT2D eigenvalue weighted by molar-refractivity contribution is -0.192. The first-order chi connectivity index (χ1) is 23.6. The van der Waals surface area contributed by atoms with E-state index in [1.807, 2.05) is 18.0 Å². The molecule has 1 aromatic heterocycles. The second-order valence-corrected chi connectivity index (χ2v) is 11.3. The summed E-state index contributed by atoms with van der Waals surface area (Å²) in [6.07, 6.45) is -6.78. The van der Waals surface area contributed by atoms with Gasteiger partial charge in [-0.05, 0) is 49.0 Å². The first-order valence-corrected chi connectivity index (χ1v) is 15.3. The van der Waals surface area contributed by atoms with Crippen molar-refractivity contribution in [2.45, 2.75) is 18.9 Å². The van der Waals surface area contributed by atoms with Gasteiger partial charge in [0.15, 0.2) is 5.82 Å². The second kappa shape index (κ2) is 16.6. The van der Waals surface area contributed by atoms with E-state index in [-0.39, 0.29) is 29.7 Å². The zero-order valence-corrected chi connectivity index (χ0v) is 26.9. The molecule has 0 atom stereocenters. The maximum absolute atomic E-state index is 14.1. The molecule has 12 nitrogen and oxygen atoms in total. The van der Waals surface area contributed by atoms with Crippen LogP contribution in [-0.2, 0) is 27.0 Å². The molecule has 2 aliphatic rings. The zero-order valence-electron chi connectivity index (χ0n) is 26.9. The standard InChI is InChI=1S/C30H35F3N8O2.C2HF3O2/c1-3-27(42)35-22-5-4-6-23(17-22)36-28-26(41-13-15-43-16-14-41)19-34-29(38-28)37-24-8-7-21(25(18-24)30(31,32)33)20-40-11-9-39(2)10-12-40;3-2(4,5)1(6)7/h3-8,17-19H,1,9-16,20H2,2H3,(H,35,42)(H2,34,36,37,38);(H,6,7). The van der Waals surface area contributed by atoms with Crippen LogP contribution in [0.1, 0.15) is 11.1 Å². The minimum atomic E-state index is -5.08. The van der Waals surface area contributed by atoms with Crippen LogP contribution < -0.4 is 20.9 Å². The number of amides is 1. The largest absolute Gasteiger partial charge is 0.490 e. The molecule has 3 heterocycles. The van der Waals surface area contributed by atoms with E-state index in [0.29, 0.717) is 49.2 Å². The van der Waals surface area contributed by atoms with Crippen LogP contribution in [0.5, 0.6) is 0 Å². The normalized spacial score (nSPS) is 15.8. The predicted octanol–water partition coefficient (Wildman–Crippen LogP) is 5.32. The maximum atomic E-state index is 14.1. The van der Waals surface area contributed by atoms with Gasteiger partial charge in [-0.2, -0.15) is 31.3 Å². The van der Waals surface area contributed by atoms with E-state index in [1.165, 1.54) is 12.1 Å². The van der Waals surface area contributed by atoms with Crippen LogP contribution in [0.25, 0.3) is 0 Å². The molecule has 2 saturated heterocycles. The Kier molecular flexibility index (Phi) is 12.6. The van der Waals surface area contributed by atoms with Crippen molar-refractivity contribution in [3.63, 3.8) is 0 Å². The molecule has 50 heavy (non-hydrogen) atoms. The van der Waals surface area contributed by atoms with Gasteiger partial charge in [0.25, 0.3) is 0 Å². The number of hydrogen-bond donors (Lipinski definition) is 4. The lowest BCUT2D eigenvalue weighted by Crippen LogP contribution is -2.44. The Morgan fingerprint density at radius 3 is 2.20 bits per heavy atom. The van der Waals surface area contributed by atoms with Crippen LogP contribution in [-0.4, -0.2) is 102 Å². The highest BCUT2D eigenvalue weighted by molar-refractivity contribution is 5.99. The van der Waals surface area contributed by atoms with E-state index in [4.69, 9.17) is 14.6 Å². The number of nitrogens with one attached hydrogen (secondary N) is 3. The molecule has 2 fully saturated rings. The molecule has 270 valence electrons. The van der Waals surface area contributed by atoms with Crippen LogP contribution in [0.15, 0.2) is 61.3 Å². The number of hydrogen-bond acceptors (Lipinski definition) is 10. The van der Waals surface area contributed by atoms with Crippen LogP contribution in [0.2, 0.25) is 0 Å². The fourth-order valence-electron chi connectivity index (χ4n) is 5.00. The smallest absolute Gasteiger partial charge is 0.475 e. The van der Waals surface area contributed by atoms with Crippen LogP contribution in [0, 0.1) is 0 Å². The number of carboxylic acids is 1. The summed E-state index contributed by atoms with van der Waals surface area (Å²) in [4.78, 5) is 36.0. The number of rotatable bonds is 9. The average Bonchev–Trinajstić information content (AvgIpc) is 3.06. The van der Waals surface area contributed by atoms with Crippen molar-refractivity contribution in [3.05, 3.63) is 72.4 Å². The number of carbonyl (C=O) groups is 2. The summed E-state index contributed by atoms with van der Waals surface area (Å²) in [5.74, 6) is -2.51. The van der Waals surface area contributed by atoms with Gasteiger partial charge in [0.05, 0.1) is 30.7 Å². The second-order valence-electron chi connectivity index (χ2n) is 11.3. The Labute approximate surface area is 283 Å². The third kappa shape index (κ3) is 11.0. The van der Waals surface area contributed by atoms with Gasteiger partial charge in [0.1, 0.15) is 0 Å². The molecule has 0 unspecified atom stereocenters. The summed E-state index contributed by atoms with van der Waals surface area (Å²) >= 11 is 0. The molecule has 2 aromatic carbocycles. The van der Waals surface area contributed by atoms with E-state index in [2.05, 4.69) is 42.3 Å². The Balaban J connectivity index is 0.000000727. The van der Waals surface area contributed by atoms with Gasteiger partial charge in [-0.3, -0.25) is 9.69 Å². The fraction of sp³-hybridized carbons (Fsp3) is 0.375. The van der Waals surface area contributed by atoms with Gasteiger partial charge < -0.3 is 35.6 Å². The molecule has 4 N–H and O–H groups in total. The van der Waals surface area contributed by atoms with Gasteiger partial charge in [0.2, 0.25) is 11.9 Å². The molecule has 2 aliphatic heterocycles. The number of halogens is 6. The number of ether oxygens (including phenoxy) is 1. The Hall–Kier alpha value is -4.94. The summed E-state index contributed by atoms with van der Waals surface area (Å²) in [6.45, 7) is 9.13. The van der Waals surface area contributed by atoms with Crippen molar-refractivity contribution in [2.75, 3.05) is 80.4 Å². The number of aliphatic carboxylic acids is 1. The highest BCUT2D eigenvalue weighted by Gasteiger charge is 2.38. The first kappa shape index (κ1) is 37.9. The summed E-state index contributed by atoms with van der Waals surface area (Å²) in [5.41, 5.74) is 1.71. The summed E-state index contributed by atoms with van der Waals surface area (Å²) < 4.78 is 79.6. The average molecular weight is 711 g/mol. The topological polar surface area (TPSA) is 135 Å². The zero-order chi connectivity index (χ0) is 36.5. The molecular weight excluding hydrogens is 674 g/mol. The molecule has 0 radical (unpaired) electrons. The molecule has 0 aliphatic carbocycles.